The van der Waals surface area contributed by atoms with Gasteiger partial charge in [0, 0.05) is 23.1 Å². The molecule has 7 nitrogen and oxygen atoms in total. The maximum absolute atomic E-state index is 14.6. The zero-order valence-corrected chi connectivity index (χ0v) is 16.7. The largest absolute Gasteiger partial charge is 0.493 e. The summed E-state index contributed by atoms with van der Waals surface area (Å²) >= 11 is 5.02. The number of carbonyl (C=O) groups excluding carboxylic acids is 3. The maximum Gasteiger partial charge on any atom is 0.361 e. The van der Waals surface area contributed by atoms with Crippen molar-refractivity contribution in [1.82, 2.24) is 0 Å². The highest BCUT2D eigenvalue weighted by Gasteiger charge is 2.42. The van der Waals surface area contributed by atoms with E-state index < -0.39 is 34.9 Å². The Morgan fingerprint density at radius 1 is 1.19 bits per heavy atom. The van der Waals surface area contributed by atoms with Crippen molar-refractivity contribution in [2.24, 2.45) is 0 Å². The molecule has 0 amide bonds. The Labute approximate surface area is 163 Å². The van der Waals surface area contributed by atoms with E-state index in [0.717, 1.165) is 25.4 Å². The van der Waals surface area contributed by atoms with Gasteiger partial charge in [-0.2, -0.15) is 0 Å². The van der Waals surface area contributed by atoms with Crippen LogP contribution >= 0.6 is 24.0 Å². The van der Waals surface area contributed by atoms with Crippen molar-refractivity contribution in [3.05, 3.63) is 22.8 Å². The van der Waals surface area contributed by atoms with Crippen LogP contribution < -0.4 is 9.47 Å². The van der Waals surface area contributed by atoms with Crippen LogP contribution in [0.25, 0.3) is 10.1 Å². The number of fused-ring (bicyclic) bond motifs is 1. The van der Waals surface area contributed by atoms with Gasteiger partial charge in [-0.25, -0.2) is 9.18 Å². The second kappa shape index (κ2) is 8.13. The third-order valence-corrected chi connectivity index (χ3v) is 5.15. The van der Waals surface area contributed by atoms with Gasteiger partial charge in [0.15, 0.2) is 23.1 Å². The first-order valence-electron chi connectivity index (χ1n) is 7.54. The van der Waals surface area contributed by atoms with Gasteiger partial charge in [0.05, 0.1) is 32.6 Å². The van der Waals surface area contributed by atoms with Gasteiger partial charge in [0.2, 0.25) is 0 Å². The van der Waals surface area contributed by atoms with E-state index in [1.165, 1.54) is 20.3 Å². The Bertz CT molecular complexity index is 908. The molecule has 1 aromatic heterocycles. The summed E-state index contributed by atoms with van der Waals surface area (Å²) in [5.74, 6) is -2.95. The summed E-state index contributed by atoms with van der Waals surface area (Å²) in [6.45, 7) is 1.08. The Morgan fingerprint density at radius 3 is 2.37 bits per heavy atom. The highest BCUT2D eigenvalue weighted by atomic mass is 32.1. The average molecular weight is 416 g/mol. The van der Waals surface area contributed by atoms with E-state index in [1.807, 2.05) is 0 Å². The van der Waals surface area contributed by atoms with E-state index in [0.29, 0.717) is 4.70 Å². The van der Waals surface area contributed by atoms with Gasteiger partial charge in [-0.15, -0.1) is 24.0 Å². The molecule has 1 atom stereocenters. The van der Waals surface area contributed by atoms with E-state index in [-0.39, 0.29) is 21.8 Å². The van der Waals surface area contributed by atoms with Crippen molar-refractivity contribution in [1.29, 1.82) is 0 Å². The van der Waals surface area contributed by atoms with E-state index in [4.69, 9.17) is 14.2 Å². The number of thiophene rings is 1. The van der Waals surface area contributed by atoms with Crippen LogP contribution in [0.5, 0.6) is 11.5 Å². The third-order valence-electron chi connectivity index (χ3n) is 3.60. The monoisotopic (exact) mass is 416 g/mol. The van der Waals surface area contributed by atoms with Crippen LogP contribution in [0.4, 0.5) is 4.39 Å². The average Bonchev–Trinajstić information content (AvgIpc) is 3.04. The molecule has 27 heavy (non-hydrogen) atoms. The van der Waals surface area contributed by atoms with Crippen LogP contribution in [-0.2, 0) is 19.1 Å². The van der Waals surface area contributed by atoms with Gasteiger partial charge in [-0.3, -0.25) is 9.59 Å². The topological polar surface area (TPSA) is 88.1 Å². The Balaban J connectivity index is 2.43. The number of rotatable bonds is 7. The van der Waals surface area contributed by atoms with E-state index in [1.54, 1.807) is 6.07 Å². The van der Waals surface area contributed by atoms with Gasteiger partial charge < -0.3 is 18.9 Å². The molecule has 0 saturated carbocycles. The molecular formula is C17H17FO7S2. The fourth-order valence-corrected chi connectivity index (χ4v) is 3.82. The third kappa shape index (κ3) is 4.16. The molecule has 0 fully saturated rings. The number of benzene rings is 1. The quantitative estimate of drug-likeness (QED) is 0.321. The molecule has 1 heterocycles. The van der Waals surface area contributed by atoms with Crippen LogP contribution in [0.1, 0.15) is 23.0 Å². The molecule has 2 rings (SSSR count). The molecule has 2 aromatic rings. The lowest BCUT2D eigenvalue weighted by Gasteiger charge is -2.24. The number of halogens is 1. The van der Waals surface area contributed by atoms with Gasteiger partial charge in [-0.1, -0.05) is 0 Å². The van der Waals surface area contributed by atoms with Crippen LogP contribution in [-0.4, -0.2) is 44.0 Å². The molecule has 0 spiro atoms. The minimum Gasteiger partial charge on any atom is -0.493 e. The predicted molar refractivity (Wildman–Crippen MR) is 99.3 cm³/mol. The first-order valence-corrected chi connectivity index (χ1v) is 8.80. The molecule has 1 aromatic carbocycles. The molecule has 0 aliphatic carbocycles. The molecule has 0 radical (unpaired) electrons. The Kier molecular flexibility index (Phi) is 6.32. The first kappa shape index (κ1) is 21.0. The van der Waals surface area contributed by atoms with Crippen molar-refractivity contribution in [3.8, 4) is 11.5 Å². The van der Waals surface area contributed by atoms with E-state index in [9.17, 15) is 18.8 Å². The fourth-order valence-electron chi connectivity index (χ4n) is 2.43. The summed E-state index contributed by atoms with van der Waals surface area (Å²) in [6, 6.07) is 2.87. The molecule has 0 bridgehead atoms. The van der Waals surface area contributed by atoms with Crippen molar-refractivity contribution < 1.29 is 37.7 Å². The van der Waals surface area contributed by atoms with Crippen molar-refractivity contribution in [2.75, 3.05) is 21.3 Å². The molecule has 0 aliphatic heterocycles. The molecule has 10 heteroatoms. The summed E-state index contributed by atoms with van der Waals surface area (Å²) in [4.78, 5) is 33.9. The van der Waals surface area contributed by atoms with E-state index >= 15 is 0 Å². The molecule has 1 unspecified atom stereocenters. The number of ketones is 1. The number of esters is 2. The Hall–Kier alpha value is -2.33. The number of thiol groups is 1. The van der Waals surface area contributed by atoms with Gasteiger partial charge >= 0.3 is 11.9 Å². The van der Waals surface area contributed by atoms with Crippen LogP contribution in [0, 0.1) is 5.82 Å². The number of carbonyl (C=O) groups is 3. The number of Topliss-reactive ketones (excluding diaryl/α,β-unsaturated/α-hetero) is 1. The summed E-state index contributed by atoms with van der Waals surface area (Å²) < 4.78 is 34.6. The van der Waals surface area contributed by atoms with Crippen LogP contribution in [0.2, 0.25) is 0 Å². The summed E-state index contributed by atoms with van der Waals surface area (Å²) in [7, 11) is 3.75. The molecule has 0 saturated heterocycles. The number of ether oxygens (including phenoxy) is 4. The molecule has 146 valence electrons. The lowest BCUT2D eigenvalue weighted by molar-refractivity contribution is -0.167. The first-order chi connectivity index (χ1) is 12.7. The highest BCUT2D eigenvalue weighted by molar-refractivity contribution is 7.82. The SMILES string of the molecule is COC(=O)C(S)(CC(=O)c1cc2c(F)c(OC)c(OC)cc2s1)OC(C)=O. The molecular weight excluding hydrogens is 399 g/mol. The smallest absolute Gasteiger partial charge is 0.361 e. The van der Waals surface area contributed by atoms with Crippen LogP contribution in [0.15, 0.2) is 12.1 Å². The minimum atomic E-state index is -2.08. The summed E-state index contributed by atoms with van der Waals surface area (Å²) in [6.07, 6.45) is -0.578. The standard InChI is InChI=1S/C17H17FO7S2/c1-8(19)25-17(26,16(21)24-4)7-10(20)13-5-9-12(27-13)6-11(22-2)15(23-3)14(9)18/h5-6,26H,7H2,1-4H3. The van der Waals surface area contributed by atoms with Gasteiger partial charge in [0.25, 0.3) is 4.93 Å². The van der Waals surface area contributed by atoms with Crippen molar-refractivity contribution in [2.45, 2.75) is 18.3 Å². The second-order valence-corrected chi connectivity index (χ2v) is 7.22. The maximum atomic E-state index is 14.6. The summed E-state index contributed by atoms with van der Waals surface area (Å²) in [5.41, 5.74) is 0. The lowest BCUT2D eigenvalue weighted by atomic mass is 10.1. The molecule has 0 N–H and O–H groups in total. The zero-order chi connectivity index (χ0) is 20.4. The predicted octanol–water partition coefficient (Wildman–Crippen LogP) is 2.99. The van der Waals surface area contributed by atoms with Crippen molar-refractivity contribution >= 4 is 51.8 Å². The zero-order valence-electron chi connectivity index (χ0n) is 15.0. The fraction of sp³-hybridized carbons (Fsp3) is 0.353. The highest BCUT2D eigenvalue weighted by Crippen LogP contribution is 2.40. The van der Waals surface area contributed by atoms with Crippen molar-refractivity contribution in [3.63, 3.8) is 0 Å². The molecule has 0 aliphatic rings. The van der Waals surface area contributed by atoms with Crippen LogP contribution in [0.3, 0.4) is 0 Å². The number of hydrogen-bond donors (Lipinski definition) is 1. The normalized spacial score (nSPS) is 13.0. The van der Waals surface area contributed by atoms with Gasteiger partial charge in [0.1, 0.15) is 0 Å². The summed E-state index contributed by atoms with van der Waals surface area (Å²) in [5, 5.41) is 0.163. The van der Waals surface area contributed by atoms with E-state index in [2.05, 4.69) is 17.4 Å². The number of methoxy groups -OCH3 is 3. The Morgan fingerprint density at radius 2 is 1.85 bits per heavy atom. The minimum absolute atomic E-state index is 0.0835. The van der Waals surface area contributed by atoms with Gasteiger partial charge in [-0.05, 0) is 6.07 Å². The number of hydrogen-bond acceptors (Lipinski definition) is 9. The lowest BCUT2D eigenvalue weighted by Crippen LogP contribution is -2.40. The second-order valence-electron chi connectivity index (χ2n) is 5.42.